The van der Waals surface area contributed by atoms with Gasteiger partial charge in [-0.3, -0.25) is 9.78 Å². The molecule has 1 N–H and O–H groups in total. The Morgan fingerprint density at radius 3 is 2.50 bits per heavy atom. The van der Waals surface area contributed by atoms with Gasteiger partial charge in [-0.25, -0.2) is 4.98 Å². The molecule has 4 rings (SSSR count). The van der Waals surface area contributed by atoms with E-state index in [4.69, 9.17) is 15.7 Å². The van der Waals surface area contributed by atoms with E-state index in [0.717, 1.165) is 38.3 Å². The molecule has 2 aromatic rings. The largest absolute Gasteiger partial charge is 0.355 e. The van der Waals surface area contributed by atoms with Crippen LogP contribution in [0.15, 0.2) is 42.7 Å². The number of anilines is 2. The van der Waals surface area contributed by atoms with Crippen LogP contribution in [0.2, 0.25) is 0 Å². The Bertz CT molecular complexity index is 965. The molecule has 0 saturated carbocycles. The summed E-state index contributed by atoms with van der Waals surface area (Å²) in [6.07, 6.45) is 6.05. The summed E-state index contributed by atoms with van der Waals surface area (Å²) in [5.74, 6) is 0.517. The lowest BCUT2D eigenvalue weighted by Crippen LogP contribution is -2.61. The third-order valence-electron chi connectivity index (χ3n) is 7.07. The number of rotatable bonds is 5. The molecular formula is C25H34B2N6O. The van der Waals surface area contributed by atoms with E-state index in [1.165, 1.54) is 0 Å². The third kappa shape index (κ3) is 5.63. The minimum atomic E-state index is -0.880. The van der Waals surface area contributed by atoms with Gasteiger partial charge < -0.3 is 20.0 Å². The standard InChI is InChI=1S/C25H34B2N6O/c1-18(2)31-14-9-21(10-15-31)33-19(3)17-32(16-11-25(33,26)27)23-6-4-5-22(30-23)24(34)29-20-7-12-28-13-8-20/h4-8,12-13,18-19,21H,9-11,14-17H2,1-3H3,(H,28,29,34). The number of aromatic nitrogens is 2. The highest BCUT2D eigenvalue weighted by Crippen LogP contribution is 2.31. The molecule has 0 aromatic carbocycles. The predicted molar refractivity (Wildman–Crippen MR) is 139 cm³/mol. The maximum absolute atomic E-state index is 12.8. The molecular weight excluding hydrogens is 422 g/mol. The molecule has 2 aliphatic rings. The Morgan fingerprint density at radius 2 is 1.82 bits per heavy atom. The second-order valence-corrected chi connectivity index (χ2v) is 9.88. The first-order valence-corrected chi connectivity index (χ1v) is 12.3. The highest BCUT2D eigenvalue weighted by molar-refractivity contribution is 6.40. The number of carbonyl (C=O) groups is 1. The second-order valence-electron chi connectivity index (χ2n) is 9.88. The Labute approximate surface area is 206 Å². The Hall–Kier alpha value is -2.38. The zero-order valence-corrected chi connectivity index (χ0v) is 20.5. The van der Waals surface area contributed by atoms with E-state index < -0.39 is 5.34 Å². The lowest BCUT2D eigenvalue weighted by atomic mass is 9.58. The van der Waals surface area contributed by atoms with Crippen molar-refractivity contribution in [1.29, 1.82) is 0 Å². The summed E-state index contributed by atoms with van der Waals surface area (Å²) in [7, 11) is 13.4. The number of nitrogens with zero attached hydrogens (tertiary/aromatic N) is 5. The third-order valence-corrected chi connectivity index (χ3v) is 7.07. The quantitative estimate of drug-likeness (QED) is 0.698. The number of likely N-dealkylation sites (tertiary alicyclic amines) is 1. The Kier molecular flexibility index (Phi) is 7.63. The number of amides is 1. The van der Waals surface area contributed by atoms with Crippen molar-refractivity contribution in [1.82, 2.24) is 19.8 Å². The number of nitrogens with one attached hydrogen (secondary N) is 1. The summed E-state index contributed by atoms with van der Waals surface area (Å²) >= 11 is 0. The fraction of sp³-hybridized carbons (Fsp3) is 0.560. The molecule has 1 amide bonds. The number of hydrogen-bond donors (Lipinski definition) is 1. The van der Waals surface area contributed by atoms with E-state index in [2.05, 4.69) is 50.8 Å². The van der Waals surface area contributed by atoms with E-state index in [0.29, 0.717) is 36.4 Å². The van der Waals surface area contributed by atoms with Gasteiger partial charge in [0.2, 0.25) is 0 Å². The highest BCUT2D eigenvalue weighted by Gasteiger charge is 2.39. The van der Waals surface area contributed by atoms with Gasteiger partial charge >= 0.3 is 0 Å². The molecule has 176 valence electrons. The monoisotopic (exact) mass is 456 g/mol. The predicted octanol–water partition coefficient (Wildman–Crippen LogP) is 2.49. The van der Waals surface area contributed by atoms with Gasteiger partial charge in [-0.15, -0.1) is 0 Å². The SMILES string of the molecule is [B]C1([B])CCN(c2cccc(C(=O)Nc3ccncc3)n2)CC(C)N1C1CCN(C(C)C)CC1. The van der Waals surface area contributed by atoms with Crippen LogP contribution in [0.3, 0.4) is 0 Å². The molecule has 2 aromatic heterocycles. The van der Waals surface area contributed by atoms with Crippen LogP contribution in [0.4, 0.5) is 11.5 Å². The van der Waals surface area contributed by atoms with E-state index >= 15 is 0 Å². The van der Waals surface area contributed by atoms with Crippen LogP contribution < -0.4 is 10.2 Å². The molecule has 4 radical (unpaired) electrons. The lowest BCUT2D eigenvalue weighted by Gasteiger charge is -2.50. The molecule has 7 nitrogen and oxygen atoms in total. The van der Waals surface area contributed by atoms with Crippen LogP contribution in [-0.4, -0.2) is 91.0 Å². The minimum Gasteiger partial charge on any atom is -0.355 e. The van der Waals surface area contributed by atoms with Gasteiger partial charge in [0.1, 0.15) is 11.5 Å². The summed E-state index contributed by atoms with van der Waals surface area (Å²) in [6, 6.07) is 10.1. The van der Waals surface area contributed by atoms with E-state index in [1.807, 2.05) is 12.1 Å². The van der Waals surface area contributed by atoms with Crippen LogP contribution in [0.5, 0.6) is 0 Å². The van der Waals surface area contributed by atoms with Gasteiger partial charge in [0.05, 0.1) is 15.7 Å². The smallest absolute Gasteiger partial charge is 0.274 e. The van der Waals surface area contributed by atoms with Gasteiger partial charge in [0.25, 0.3) is 5.91 Å². The van der Waals surface area contributed by atoms with E-state index in [9.17, 15) is 4.79 Å². The molecule has 1 unspecified atom stereocenters. The normalized spacial score (nSPS) is 22.5. The van der Waals surface area contributed by atoms with Crippen molar-refractivity contribution in [3.8, 4) is 0 Å². The van der Waals surface area contributed by atoms with Gasteiger partial charge in [0.15, 0.2) is 0 Å². The molecule has 0 spiro atoms. The number of carbonyl (C=O) groups excluding carboxylic acids is 1. The summed E-state index contributed by atoms with van der Waals surface area (Å²) in [4.78, 5) is 28.5. The van der Waals surface area contributed by atoms with Gasteiger partial charge in [-0.1, -0.05) is 11.4 Å². The zero-order valence-electron chi connectivity index (χ0n) is 20.5. The van der Waals surface area contributed by atoms with E-state index in [1.54, 1.807) is 30.6 Å². The van der Waals surface area contributed by atoms with Crippen LogP contribution >= 0.6 is 0 Å². The van der Waals surface area contributed by atoms with E-state index in [-0.39, 0.29) is 11.9 Å². The summed E-state index contributed by atoms with van der Waals surface area (Å²) < 4.78 is 0. The first-order chi connectivity index (χ1) is 16.2. The molecule has 2 aliphatic heterocycles. The fourth-order valence-electron chi connectivity index (χ4n) is 5.30. The maximum Gasteiger partial charge on any atom is 0.274 e. The number of piperidine rings is 1. The minimum absolute atomic E-state index is 0.157. The van der Waals surface area contributed by atoms with Gasteiger partial charge in [-0.2, -0.15) is 0 Å². The Morgan fingerprint density at radius 1 is 1.12 bits per heavy atom. The van der Waals surface area contributed by atoms with Crippen LogP contribution in [0, 0.1) is 0 Å². The molecule has 0 aliphatic carbocycles. The fourth-order valence-corrected chi connectivity index (χ4v) is 5.30. The van der Waals surface area contributed by atoms with Crippen LogP contribution in [-0.2, 0) is 0 Å². The first kappa shape index (κ1) is 24.7. The van der Waals surface area contributed by atoms with Crippen LogP contribution in [0.25, 0.3) is 0 Å². The lowest BCUT2D eigenvalue weighted by molar-refractivity contribution is 0.0508. The molecule has 2 saturated heterocycles. The van der Waals surface area contributed by atoms with Crippen molar-refractivity contribution in [3.05, 3.63) is 48.4 Å². The average molecular weight is 456 g/mol. The second kappa shape index (κ2) is 10.5. The van der Waals surface area contributed by atoms with Crippen molar-refractivity contribution < 1.29 is 4.79 Å². The molecule has 9 heteroatoms. The van der Waals surface area contributed by atoms with Crippen molar-refractivity contribution in [2.75, 3.05) is 36.4 Å². The molecule has 4 heterocycles. The topological polar surface area (TPSA) is 64.6 Å². The number of pyridine rings is 2. The van der Waals surface area contributed by atoms with Crippen molar-refractivity contribution in [2.45, 2.75) is 63.5 Å². The molecule has 2 fully saturated rings. The van der Waals surface area contributed by atoms with Gasteiger partial charge in [-0.05, 0) is 77.4 Å². The Balaban J connectivity index is 1.47. The van der Waals surface area contributed by atoms with Crippen molar-refractivity contribution >= 4 is 33.1 Å². The summed E-state index contributed by atoms with van der Waals surface area (Å²) in [6.45, 7) is 10.3. The molecule has 34 heavy (non-hydrogen) atoms. The molecule has 1 atom stereocenters. The average Bonchev–Trinajstić information content (AvgIpc) is 2.94. The molecule has 0 bridgehead atoms. The maximum atomic E-state index is 12.8. The summed E-state index contributed by atoms with van der Waals surface area (Å²) in [5, 5.41) is 1.99. The van der Waals surface area contributed by atoms with Gasteiger partial charge in [0, 0.05) is 49.3 Å². The highest BCUT2D eigenvalue weighted by atomic mass is 16.1. The summed E-state index contributed by atoms with van der Waals surface area (Å²) in [5.41, 5.74) is 1.06. The number of hydrogen-bond acceptors (Lipinski definition) is 6. The van der Waals surface area contributed by atoms with Crippen molar-refractivity contribution in [2.24, 2.45) is 0 Å². The first-order valence-electron chi connectivity index (χ1n) is 12.3. The van der Waals surface area contributed by atoms with Crippen molar-refractivity contribution in [3.63, 3.8) is 0 Å². The zero-order chi connectivity index (χ0) is 24.3. The van der Waals surface area contributed by atoms with Crippen LogP contribution in [0.1, 0.15) is 50.5 Å².